The molecule has 244 valence electrons. The van der Waals surface area contributed by atoms with E-state index in [0.717, 1.165) is 59.4 Å². The van der Waals surface area contributed by atoms with E-state index in [0.29, 0.717) is 22.2 Å². The summed E-state index contributed by atoms with van der Waals surface area (Å²) in [5.74, 6) is 8.58. The van der Waals surface area contributed by atoms with Crippen LogP contribution in [0.15, 0.2) is 0 Å². The molecule has 0 aliphatic heterocycles. The smallest absolute Gasteiger partial charge is 0.0241 e. The summed E-state index contributed by atoms with van der Waals surface area (Å²) in [6.07, 6.45) is 44.4. The molecule has 0 aromatic heterocycles. The Labute approximate surface area is 270 Å². The fourth-order valence-electron chi connectivity index (χ4n) is 18.7. The largest absolute Gasteiger partial charge is 0.289 e. The third-order valence-corrected chi connectivity index (χ3v) is 17.9. The molecule has 14 saturated carbocycles. The minimum Gasteiger partial charge on any atom is -0.289 e. The predicted octanol–water partition coefficient (Wildman–Crippen LogP) is 10.3. The zero-order chi connectivity index (χ0) is 28.7. The van der Waals surface area contributed by atoms with E-state index >= 15 is 0 Å². The number of hydrogen-bond acceptors (Lipinski definition) is 2. The van der Waals surface area contributed by atoms with Crippen LogP contribution < -0.4 is 0 Å². The van der Waals surface area contributed by atoms with Crippen molar-refractivity contribution in [2.24, 2.45) is 47.3 Å². The van der Waals surface area contributed by atoms with Crippen molar-refractivity contribution in [2.45, 2.75) is 214 Å². The summed E-state index contributed by atoms with van der Waals surface area (Å²) in [7, 11) is 0. The van der Waals surface area contributed by atoms with Crippen molar-refractivity contribution in [2.75, 3.05) is 0 Å². The number of nitrogens with zero attached hydrogens (tertiary/aromatic N) is 2. The molecule has 0 atom stereocenters. The maximum atomic E-state index is 3.61. The zero-order valence-corrected chi connectivity index (χ0v) is 28.5. The Bertz CT molecular complexity index is 956. The van der Waals surface area contributed by atoms with Gasteiger partial charge in [-0.15, -0.1) is 0 Å². The molecule has 2 nitrogen and oxygen atoms in total. The Morgan fingerprint density at radius 1 is 0.295 bits per heavy atom. The molecule has 0 aromatic rings. The van der Waals surface area contributed by atoms with Gasteiger partial charge in [-0.05, 0) is 189 Å². The van der Waals surface area contributed by atoms with E-state index in [1.54, 1.807) is 141 Å². The molecule has 14 aliphatic carbocycles. The molecule has 14 fully saturated rings. The molecule has 0 heterocycles. The van der Waals surface area contributed by atoms with Crippen LogP contribution in [-0.4, -0.2) is 44.0 Å². The Morgan fingerprint density at radius 3 is 0.886 bits per heavy atom. The van der Waals surface area contributed by atoms with Gasteiger partial charge in [0.15, 0.2) is 0 Å². The Morgan fingerprint density at radius 2 is 0.568 bits per heavy atom. The molecule has 0 aromatic carbocycles. The molecule has 0 N–H and O–H groups in total. The third-order valence-electron chi connectivity index (χ3n) is 17.9. The van der Waals surface area contributed by atoms with Crippen molar-refractivity contribution in [3.8, 4) is 0 Å². The summed E-state index contributed by atoms with van der Waals surface area (Å²) < 4.78 is 0. The van der Waals surface area contributed by atoms with E-state index in [-0.39, 0.29) is 0 Å². The highest BCUT2D eigenvalue weighted by atomic mass is 15.4. The summed E-state index contributed by atoms with van der Waals surface area (Å²) in [4.78, 5) is 7.21. The van der Waals surface area contributed by atoms with Gasteiger partial charge >= 0.3 is 0 Å². The Kier molecular flexibility index (Phi) is 6.17. The molecule has 0 spiro atoms. The van der Waals surface area contributed by atoms with E-state index in [1.165, 1.54) is 38.5 Å². The minimum atomic E-state index is 0.549. The summed E-state index contributed by atoms with van der Waals surface area (Å²) in [5, 5.41) is 0. The average Bonchev–Trinajstić information content (AvgIpc) is 2.96. The molecule has 0 unspecified atom stereocenters. The van der Waals surface area contributed by atoms with Crippen LogP contribution in [0, 0.1) is 47.3 Å². The van der Waals surface area contributed by atoms with Crippen molar-refractivity contribution in [1.29, 1.82) is 0 Å². The second kappa shape index (κ2) is 9.76. The monoisotopic (exact) mass is 599 g/mol. The fraction of sp³-hybridized carbons (Fsp3) is 1.00. The van der Waals surface area contributed by atoms with Crippen LogP contribution in [0.1, 0.15) is 180 Å². The highest BCUT2D eigenvalue weighted by Gasteiger charge is 2.69. The molecular weight excluding hydrogens is 532 g/mol. The van der Waals surface area contributed by atoms with E-state index < -0.39 is 0 Å². The minimum absolute atomic E-state index is 0.549. The highest BCUT2D eigenvalue weighted by molar-refractivity contribution is 5.24. The van der Waals surface area contributed by atoms with Crippen LogP contribution in [-0.2, 0) is 0 Å². The first-order chi connectivity index (χ1) is 21.5. The van der Waals surface area contributed by atoms with Crippen LogP contribution >= 0.6 is 0 Å². The van der Waals surface area contributed by atoms with Crippen LogP contribution in [0.25, 0.3) is 0 Å². The van der Waals surface area contributed by atoms with Crippen molar-refractivity contribution in [3.63, 3.8) is 0 Å². The molecule has 0 amide bonds. The second-order valence-electron chi connectivity index (χ2n) is 21.0. The number of hydrogen-bond donors (Lipinski definition) is 0. The van der Waals surface area contributed by atoms with Crippen molar-refractivity contribution < 1.29 is 0 Å². The van der Waals surface area contributed by atoms with Gasteiger partial charge < -0.3 is 0 Å². The van der Waals surface area contributed by atoms with Crippen LogP contribution in [0.3, 0.4) is 0 Å². The lowest BCUT2D eigenvalue weighted by atomic mass is 9.44. The Hall–Kier alpha value is -0.0800. The quantitative estimate of drug-likeness (QED) is 0.300. The summed E-state index contributed by atoms with van der Waals surface area (Å²) in [6.45, 7) is 0. The zero-order valence-electron chi connectivity index (χ0n) is 28.5. The molecule has 2 heteroatoms. The van der Waals surface area contributed by atoms with Gasteiger partial charge in [-0.3, -0.25) is 9.80 Å². The van der Waals surface area contributed by atoms with E-state index in [9.17, 15) is 0 Å². The lowest BCUT2D eigenvalue weighted by molar-refractivity contribution is -0.247. The first-order valence-corrected chi connectivity index (χ1v) is 21.1. The van der Waals surface area contributed by atoms with E-state index in [4.69, 9.17) is 0 Å². The second-order valence-corrected chi connectivity index (χ2v) is 21.0. The van der Waals surface area contributed by atoms with Gasteiger partial charge in [-0.2, -0.15) is 0 Å². The summed E-state index contributed by atoms with van der Waals surface area (Å²) in [5.41, 5.74) is 2.29. The topological polar surface area (TPSA) is 6.48 Å². The molecule has 44 heavy (non-hydrogen) atoms. The lowest BCUT2D eigenvalue weighted by Gasteiger charge is -2.76. The summed E-state index contributed by atoms with van der Waals surface area (Å²) >= 11 is 0. The average molecular weight is 599 g/mol. The van der Waals surface area contributed by atoms with Crippen LogP contribution in [0.2, 0.25) is 0 Å². The normalized spacial score (nSPS) is 56.0. The molecule has 0 saturated heterocycles. The lowest BCUT2D eigenvalue weighted by Crippen LogP contribution is -2.79. The van der Waals surface area contributed by atoms with Crippen molar-refractivity contribution >= 4 is 0 Å². The Balaban J connectivity index is 1.03. The predicted molar refractivity (Wildman–Crippen MR) is 179 cm³/mol. The van der Waals surface area contributed by atoms with Gasteiger partial charge in [0.2, 0.25) is 0 Å². The molecule has 14 rings (SSSR count). The van der Waals surface area contributed by atoms with Gasteiger partial charge in [-0.1, -0.05) is 38.5 Å². The first-order valence-electron chi connectivity index (χ1n) is 21.1. The molecule has 0 radical (unpaired) electrons. The van der Waals surface area contributed by atoms with Gasteiger partial charge in [0, 0.05) is 34.2 Å². The van der Waals surface area contributed by atoms with Crippen molar-refractivity contribution in [1.82, 2.24) is 9.80 Å². The van der Waals surface area contributed by atoms with Crippen LogP contribution in [0.4, 0.5) is 0 Å². The maximum Gasteiger partial charge on any atom is 0.0241 e. The van der Waals surface area contributed by atoms with Gasteiger partial charge in [0.25, 0.3) is 0 Å². The number of rotatable bonds is 6. The standard InChI is InChI=1S/C42H66N2/c1-3-7-37(8-4-1)43(39-18-29-11-30(19-39)13-31(12-29)20-39)41-24-35-17-36(25-41)27-42(26-35,28-41)44(38-9-5-2-6-10-38)40-21-32-14-33(22-40)16-34(15-32)23-40/h29-38H,1-28H2. The fourth-order valence-corrected chi connectivity index (χ4v) is 18.7. The van der Waals surface area contributed by atoms with Gasteiger partial charge in [-0.25, -0.2) is 0 Å². The van der Waals surface area contributed by atoms with E-state index in [2.05, 4.69) is 9.80 Å². The molecule has 12 bridgehead atoms. The highest BCUT2D eigenvalue weighted by Crippen LogP contribution is 2.70. The SMILES string of the molecule is C1CCC(N(C23CC4CC(CC(C4)C2)C3)C23CC4CC(C2)CC(N(C2CCCCC2)C25CC6CC(CC(C6)C2)C5)(C4)C3)CC1. The summed E-state index contributed by atoms with van der Waals surface area (Å²) in [6, 6.07) is 1.85. The van der Waals surface area contributed by atoms with E-state index in [1.807, 2.05) is 0 Å². The maximum absolute atomic E-state index is 3.61. The molecular formula is C42H66N2. The first kappa shape index (κ1) is 27.8. The van der Waals surface area contributed by atoms with Gasteiger partial charge in [0.1, 0.15) is 0 Å². The van der Waals surface area contributed by atoms with Gasteiger partial charge in [0.05, 0.1) is 0 Å². The van der Waals surface area contributed by atoms with Crippen molar-refractivity contribution in [3.05, 3.63) is 0 Å². The van der Waals surface area contributed by atoms with Crippen LogP contribution in [0.5, 0.6) is 0 Å². The third kappa shape index (κ3) is 4.03. The molecule has 14 aliphatic rings.